The monoisotopic (exact) mass is 289 g/mol. The molecule has 8 heteroatoms. The Labute approximate surface area is 108 Å². The average molecular weight is 290 g/mol. The van der Waals surface area contributed by atoms with Crippen molar-refractivity contribution in [1.29, 1.82) is 0 Å². The van der Waals surface area contributed by atoms with E-state index >= 15 is 0 Å². The van der Waals surface area contributed by atoms with Crippen LogP contribution in [0.1, 0.15) is 5.56 Å². The number of hydrogen-bond donors (Lipinski definition) is 2. The summed E-state index contributed by atoms with van der Waals surface area (Å²) in [6, 6.07) is 3.35. The van der Waals surface area contributed by atoms with E-state index in [0.29, 0.717) is 5.56 Å². The number of hydrogen-bond acceptors (Lipinski definition) is 3. The van der Waals surface area contributed by atoms with Gasteiger partial charge in [0.15, 0.2) is 0 Å². The van der Waals surface area contributed by atoms with Gasteiger partial charge in [0.1, 0.15) is 16.5 Å². The largest absolute Gasteiger partial charge is 0.265 e. The highest BCUT2D eigenvalue weighted by Gasteiger charge is 2.20. The number of sulfonamides is 1. The lowest BCUT2D eigenvalue weighted by atomic mass is 10.3. The second-order valence-electron chi connectivity index (χ2n) is 3.61. The Morgan fingerprint density at radius 3 is 2.72 bits per heavy atom. The van der Waals surface area contributed by atoms with Crippen molar-refractivity contribution in [3.05, 3.63) is 40.8 Å². The van der Waals surface area contributed by atoms with E-state index in [4.69, 9.17) is 11.6 Å². The minimum atomic E-state index is -4.01. The molecule has 0 bridgehead atoms. The molecular weight excluding hydrogens is 281 g/mol. The van der Waals surface area contributed by atoms with E-state index in [-0.39, 0.29) is 10.8 Å². The molecule has 1 aromatic heterocycles. The van der Waals surface area contributed by atoms with Crippen molar-refractivity contribution in [3.8, 4) is 0 Å². The fourth-order valence-electron chi connectivity index (χ4n) is 1.33. The number of aromatic amines is 1. The van der Waals surface area contributed by atoms with E-state index in [0.717, 1.165) is 12.1 Å². The van der Waals surface area contributed by atoms with Crippen LogP contribution in [0.25, 0.3) is 0 Å². The first-order valence-corrected chi connectivity index (χ1v) is 6.74. The SMILES string of the molecule is Cc1cn[nH]c1NS(=O)(=O)c1ccc(Cl)cc1F. The van der Waals surface area contributed by atoms with Crippen LogP contribution >= 0.6 is 11.6 Å². The van der Waals surface area contributed by atoms with Gasteiger partial charge in [-0.3, -0.25) is 9.82 Å². The molecule has 0 radical (unpaired) electrons. The van der Waals surface area contributed by atoms with E-state index in [2.05, 4.69) is 14.9 Å². The Bertz CT molecular complexity index is 684. The number of nitrogens with zero attached hydrogens (tertiary/aromatic N) is 1. The Hall–Kier alpha value is -1.60. The van der Waals surface area contributed by atoms with Crippen LogP contribution in [0.4, 0.5) is 10.2 Å². The zero-order valence-corrected chi connectivity index (χ0v) is 10.8. The number of aromatic nitrogens is 2. The Balaban J connectivity index is 2.40. The van der Waals surface area contributed by atoms with Gasteiger partial charge in [0.25, 0.3) is 10.0 Å². The second-order valence-corrected chi connectivity index (χ2v) is 5.70. The van der Waals surface area contributed by atoms with Crippen molar-refractivity contribution in [2.75, 3.05) is 4.72 Å². The van der Waals surface area contributed by atoms with Crippen molar-refractivity contribution in [2.45, 2.75) is 11.8 Å². The first-order chi connectivity index (χ1) is 8.40. The minimum absolute atomic E-state index is 0.129. The molecular formula is C10H9ClFN3O2S. The number of nitrogens with one attached hydrogen (secondary N) is 2. The molecule has 96 valence electrons. The fraction of sp³-hybridized carbons (Fsp3) is 0.100. The Morgan fingerprint density at radius 2 is 2.17 bits per heavy atom. The highest BCUT2D eigenvalue weighted by Crippen LogP contribution is 2.21. The lowest BCUT2D eigenvalue weighted by Crippen LogP contribution is -2.15. The van der Waals surface area contributed by atoms with Crippen LogP contribution in [0, 0.1) is 12.7 Å². The normalized spacial score (nSPS) is 11.5. The highest BCUT2D eigenvalue weighted by molar-refractivity contribution is 7.92. The van der Waals surface area contributed by atoms with Crippen molar-refractivity contribution in [3.63, 3.8) is 0 Å². The summed E-state index contributed by atoms with van der Waals surface area (Å²) in [5.74, 6) is -0.712. The predicted octanol–water partition coefficient (Wildman–Crippen LogP) is 2.31. The Morgan fingerprint density at radius 1 is 1.44 bits per heavy atom. The van der Waals surface area contributed by atoms with Crippen LogP contribution in [-0.2, 0) is 10.0 Å². The van der Waals surface area contributed by atoms with Gasteiger partial charge in [-0.25, -0.2) is 12.8 Å². The molecule has 2 N–H and O–H groups in total. The second kappa shape index (κ2) is 4.58. The number of halogens is 2. The van der Waals surface area contributed by atoms with Crippen molar-refractivity contribution in [2.24, 2.45) is 0 Å². The van der Waals surface area contributed by atoms with Gasteiger partial charge in [-0.1, -0.05) is 11.6 Å². The predicted molar refractivity (Wildman–Crippen MR) is 65.5 cm³/mol. The van der Waals surface area contributed by atoms with E-state index in [1.165, 1.54) is 12.3 Å². The lowest BCUT2D eigenvalue weighted by Gasteiger charge is -2.07. The van der Waals surface area contributed by atoms with Gasteiger partial charge in [-0.15, -0.1) is 0 Å². The topological polar surface area (TPSA) is 74.8 Å². The zero-order valence-electron chi connectivity index (χ0n) is 9.24. The highest BCUT2D eigenvalue weighted by atomic mass is 35.5. The molecule has 0 saturated heterocycles. The molecule has 0 aliphatic rings. The van der Waals surface area contributed by atoms with Crippen LogP contribution in [0.5, 0.6) is 0 Å². The quantitative estimate of drug-likeness (QED) is 0.910. The first-order valence-electron chi connectivity index (χ1n) is 4.88. The summed E-state index contributed by atoms with van der Waals surface area (Å²) in [4.78, 5) is -0.471. The number of H-pyrrole nitrogens is 1. The molecule has 0 aliphatic carbocycles. The maximum Gasteiger partial charge on any atom is 0.265 e. The van der Waals surface area contributed by atoms with Gasteiger partial charge in [0.05, 0.1) is 6.20 Å². The average Bonchev–Trinajstić information content (AvgIpc) is 2.63. The standard InChI is InChI=1S/C10H9ClFN3O2S/c1-6-5-13-14-10(6)15-18(16,17)9-3-2-7(11)4-8(9)12/h2-5H,1H3,(H2,13,14,15). The number of anilines is 1. The van der Waals surface area contributed by atoms with Gasteiger partial charge >= 0.3 is 0 Å². The van der Waals surface area contributed by atoms with Gasteiger partial charge in [-0.05, 0) is 25.1 Å². The number of rotatable bonds is 3. The van der Waals surface area contributed by atoms with Gasteiger partial charge in [0.2, 0.25) is 0 Å². The summed E-state index contributed by atoms with van der Waals surface area (Å²) in [5.41, 5.74) is 0.605. The van der Waals surface area contributed by atoms with Crippen LogP contribution in [-0.4, -0.2) is 18.6 Å². The zero-order chi connectivity index (χ0) is 13.3. The smallest absolute Gasteiger partial charge is 0.263 e. The molecule has 0 aliphatic heterocycles. The van der Waals surface area contributed by atoms with E-state index in [1.54, 1.807) is 6.92 Å². The van der Waals surface area contributed by atoms with Gasteiger partial charge < -0.3 is 0 Å². The Kier molecular flexibility index (Phi) is 3.27. The maximum atomic E-state index is 13.5. The summed E-state index contributed by atoms with van der Waals surface area (Å²) in [6.07, 6.45) is 1.45. The van der Waals surface area contributed by atoms with Crippen molar-refractivity contribution >= 4 is 27.4 Å². The summed E-state index contributed by atoms with van der Waals surface area (Å²) in [7, 11) is -4.01. The molecule has 0 amide bonds. The molecule has 0 atom stereocenters. The van der Waals surface area contributed by atoms with Gasteiger partial charge in [-0.2, -0.15) is 5.10 Å². The van der Waals surface area contributed by atoms with E-state index < -0.39 is 20.7 Å². The van der Waals surface area contributed by atoms with Crippen LogP contribution < -0.4 is 4.72 Å². The number of aryl methyl sites for hydroxylation is 1. The molecule has 0 saturated carbocycles. The van der Waals surface area contributed by atoms with Crippen molar-refractivity contribution in [1.82, 2.24) is 10.2 Å². The summed E-state index contributed by atoms with van der Waals surface area (Å²) < 4.78 is 39.6. The molecule has 1 aromatic carbocycles. The van der Waals surface area contributed by atoms with E-state index in [1.807, 2.05) is 0 Å². The van der Waals surface area contributed by atoms with Crippen LogP contribution in [0.2, 0.25) is 5.02 Å². The molecule has 2 rings (SSSR count). The van der Waals surface area contributed by atoms with E-state index in [9.17, 15) is 12.8 Å². The molecule has 2 aromatic rings. The fourth-order valence-corrected chi connectivity index (χ4v) is 2.64. The summed E-state index contributed by atoms with van der Waals surface area (Å²) in [5, 5.41) is 6.27. The van der Waals surface area contributed by atoms with Crippen LogP contribution in [0.15, 0.2) is 29.3 Å². The first kappa shape index (κ1) is 12.8. The summed E-state index contributed by atoms with van der Waals surface area (Å²) in [6.45, 7) is 1.67. The third-order valence-electron chi connectivity index (χ3n) is 2.25. The molecule has 5 nitrogen and oxygen atoms in total. The van der Waals surface area contributed by atoms with Crippen molar-refractivity contribution < 1.29 is 12.8 Å². The lowest BCUT2D eigenvalue weighted by molar-refractivity contribution is 0.570. The van der Waals surface area contributed by atoms with Crippen LogP contribution in [0.3, 0.4) is 0 Å². The molecule has 1 heterocycles. The summed E-state index contributed by atoms with van der Waals surface area (Å²) >= 11 is 5.56. The molecule has 18 heavy (non-hydrogen) atoms. The molecule has 0 unspecified atom stereocenters. The maximum absolute atomic E-state index is 13.5. The third-order valence-corrected chi connectivity index (χ3v) is 3.87. The molecule has 0 fully saturated rings. The van der Waals surface area contributed by atoms with Gasteiger partial charge in [0, 0.05) is 10.6 Å². The third kappa shape index (κ3) is 2.46. The molecule has 0 spiro atoms. The number of benzene rings is 1. The minimum Gasteiger partial charge on any atom is -0.263 e.